The van der Waals surface area contributed by atoms with Crippen molar-refractivity contribution in [3.8, 4) is 24.3 Å². The Hall–Kier alpha value is -5.46. The van der Waals surface area contributed by atoms with E-state index in [4.69, 9.17) is 15.0 Å². The van der Waals surface area contributed by atoms with Crippen molar-refractivity contribution < 1.29 is 0 Å². The molecule has 0 saturated heterocycles. The van der Waals surface area contributed by atoms with Crippen LogP contribution in [-0.2, 0) is 0 Å². The smallest absolute Gasteiger partial charge is 0.101 e. The molecule has 0 bridgehead atoms. The van der Waals surface area contributed by atoms with Gasteiger partial charge in [-0.05, 0) is 59.4 Å². The Bertz CT molecular complexity index is 2030. The van der Waals surface area contributed by atoms with Gasteiger partial charge < -0.3 is 0 Å². The van der Waals surface area contributed by atoms with Gasteiger partial charge in [-0.2, -0.15) is 21.0 Å². The summed E-state index contributed by atoms with van der Waals surface area (Å²) in [6.45, 7) is 4.25. The van der Waals surface area contributed by atoms with Crippen LogP contribution in [0.5, 0.6) is 0 Å². The predicted molar refractivity (Wildman–Crippen MR) is 172 cm³/mol. The molecule has 0 radical (unpaired) electrons. The summed E-state index contributed by atoms with van der Waals surface area (Å²) in [5.41, 5.74) is 9.29. The number of aliphatic imine (C=N–C) groups is 3. The molecule has 3 aromatic carbocycles. The average Bonchev–Trinajstić information content (AvgIpc) is 3.04. The van der Waals surface area contributed by atoms with E-state index in [1.807, 2.05) is 18.5 Å². The number of rotatable bonds is 1. The lowest BCUT2D eigenvalue weighted by Gasteiger charge is -2.29. The van der Waals surface area contributed by atoms with Gasteiger partial charge in [0, 0.05) is 40.6 Å². The van der Waals surface area contributed by atoms with Crippen molar-refractivity contribution in [2.75, 3.05) is 0 Å². The van der Waals surface area contributed by atoms with Crippen LogP contribution in [0.3, 0.4) is 0 Å². The monoisotopic (exact) mass is 573 g/mol. The summed E-state index contributed by atoms with van der Waals surface area (Å²) in [6, 6.07) is 21.7. The maximum atomic E-state index is 9.71. The van der Waals surface area contributed by atoms with Gasteiger partial charge in [0.05, 0.1) is 39.3 Å². The average molecular weight is 574 g/mol. The second-order valence-electron chi connectivity index (χ2n) is 10.4. The minimum absolute atomic E-state index is 0.0791. The molecule has 0 spiro atoms. The SMILES string of the molecule is CCC1=Nc2cc(C#N)c(C#N)cc2N=CC2CC=CC3=C2c2c1cccc2C(C)Pc1cc(C#N)c(C#N)cc1N=C3. The van der Waals surface area contributed by atoms with Gasteiger partial charge in [-0.3, -0.25) is 15.0 Å². The summed E-state index contributed by atoms with van der Waals surface area (Å²) in [5.74, 6) is -0.0818. The van der Waals surface area contributed by atoms with Crippen LogP contribution >= 0.6 is 8.58 Å². The number of hydrogen-bond donors (Lipinski definition) is 0. The molecule has 1 aliphatic carbocycles. The van der Waals surface area contributed by atoms with E-state index in [2.05, 4.69) is 68.5 Å². The Morgan fingerprint density at radius 3 is 2.23 bits per heavy atom. The van der Waals surface area contributed by atoms with Crippen LogP contribution in [-0.4, -0.2) is 18.1 Å². The van der Waals surface area contributed by atoms with Gasteiger partial charge in [0.1, 0.15) is 24.3 Å². The molecule has 2 heterocycles. The fourth-order valence-corrected chi connectivity index (χ4v) is 7.23. The van der Waals surface area contributed by atoms with E-state index in [1.165, 1.54) is 5.56 Å². The molecule has 0 saturated carbocycles. The molecule has 0 fully saturated rings. The number of nitrogens with zero attached hydrogens (tertiary/aromatic N) is 7. The molecule has 0 N–H and O–H groups in total. The first-order chi connectivity index (χ1) is 21.0. The van der Waals surface area contributed by atoms with Gasteiger partial charge in [0.2, 0.25) is 0 Å². The van der Waals surface area contributed by atoms with Gasteiger partial charge in [0.25, 0.3) is 0 Å². The predicted octanol–water partition coefficient (Wildman–Crippen LogP) is 7.53. The van der Waals surface area contributed by atoms with Crippen molar-refractivity contribution in [2.45, 2.75) is 32.3 Å². The number of benzene rings is 3. The number of allylic oxidation sites excluding steroid dienone is 4. The maximum absolute atomic E-state index is 9.71. The van der Waals surface area contributed by atoms with Crippen LogP contribution in [0.1, 0.15) is 71.3 Å². The number of fused-ring (bicyclic) bond motifs is 2. The number of hydrogen-bond acceptors (Lipinski definition) is 7. The first kappa shape index (κ1) is 27.7. The van der Waals surface area contributed by atoms with Crippen molar-refractivity contribution in [3.05, 3.63) is 99.1 Å². The Kier molecular flexibility index (Phi) is 7.36. The zero-order chi connectivity index (χ0) is 30.1. The molecule has 7 nitrogen and oxygen atoms in total. The van der Waals surface area contributed by atoms with Crippen LogP contribution in [0, 0.1) is 51.2 Å². The summed E-state index contributed by atoms with van der Waals surface area (Å²) < 4.78 is 0. The molecule has 2 aliphatic heterocycles. The lowest BCUT2D eigenvalue weighted by Crippen LogP contribution is -2.18. The lowest BCUT2D eigenvalue weighted by molar-refractivity contribution is 0.898. The van der Waals surface area contributed by atoms with E-state index < -0.39 is 0 Å². The normalized spacial score (nSPS) is 18.6. The summed E-state index contributed by atoms with van der Waals surface area (Å²) in [5, 5.41) is 39.7. The van der Waals surface area contributed by atoms with Crippen molar-refractivity contribution in [3.63, 3.8) is 0 Å². The third-order valence-corrected chi connectivity index (χ3v) is 9.40. The number of nitriles is 4. The lowest BCUT2D eigenvalue weighted by atomic mass is 9.78. The highest BCUT2D eigenvalue weighted by Crippen LogP contribution is 2.46. The van der Waals surface area contributed by atoms with E-state index >= 15 is 0 Å². The van der Waals surface area contributed by atoms with E-state index in [0.717, 1.165) is 39.7 Å². The van der Waals surface area contributed by atoms with Crippen molar-refractivity contribution in [1.82, 2.24) is 0 Å². The highest BCUT2D eigenvalue weighted by Gasteiger charge is 2.29. The van der Waals surface area contributed by atoms with Crippen molar-refractivity contribution in [2.24, 2.45) is 20.9 Å². The second kappa shape index (κ2) is 11.4. The molecule has 43 heavy (non-hydrogen) atoms. The van der Waals surface area contributed by atoms with E-state index in [1.54, 1.807) is 18.2 Å². The molecule has 3 atom stereocenters. The Labute approximate surface area is 252 Å². The summed E-state index contributed by atoms with van der Waals surface area (Å²) in [6.07, 6.45) is 9.35. The molecule has 3 aromatic rings. The first-order valence-corrected chi connectivity index (χ1v) is 15.0. The molecular weight excluding hydrogens is 549 g/mol. The highest BCUT2D eigenvalue weighted by atomic mass is 31.1. The molecule has 204 valence electrons. The highest BCUT2D eigenvalue weighted by molar-refractivity contribution is 7.48. The third kappa shape index (κ3) is 4.88. The standard InChI is InChI=1S/C35H24N7P/c1-3-29-28-9-5-8-27-20(2)43-33-13-26(17-39)25(16-38)12-32(33)41-19-22-7-4-6-21(34(22)35(27)28)18-40-30-10-23(14-36)24(15-37)11-31(30)42-29/h4-5,7-13,18-21,43H,3,6H2,1-2H3. The molecule has 0 amide bonds. The van der Waals surface area contributed by atoms with E-state index in [9.17, 15) is 21.0 Å². The summed E-state index contributed by atoms with van der Waals surface area (Å²) in [4.78, 5) is 14.8. The minimum Gasteiger partial charge on any atom is -0.258 e. The fraction of sp³-hybridized carbons (Fsp3) is 0.171. The topological polar surface area (TPSA) is 132 Å². The van der Waals surface area contributed by atoms with E-state index in [0.29, 0.717) is 43.2 Å². The largest absolute Gasteiger partial charge is 0.258 e. The van der Waals surface area contributed by atoms with Gasteiger partial charge in [0.15, 0.2) is 0 Å². The van der Waals surface area contributed by atoms with Gasteiger partial charge in [-0.1, -0.05) is 52.8 Å². The van der Waals surface area contributed by atoms with E-state index in [-0.39, 0.29) is 22.7 Å². The van der Waals surface area contributed by atoms with Gasteiger partial charge in [-0.25, -0.2) is 0 Å². The molecule has 6 rings (SSSR count). The minimum atomic E-state index is -0.0818. The van der Waals surface area contributed by atoms with Crippen molar-refractivity contribution >= 4 is 54.7 Å². The quantitative estimate of drug-likeness (QED) is 0.278. The Morgan fingerprint density at radius 1 is 0.860 bits per heavy atom. The molecule has 3 unspecified atom stereocenters. The van der Waals surface area contributed by atoms with Gasteiger partial charge in [-0.15, -0.1) is 0 Å². The Morgan fingerprint density at radius 2 is 1.53 bits per heavy atom. The zero-order valence-electron chi connectivity index (χ0n) is 23.6. The second-order valence-corrected chi connectivity index (χ2v) is 12.1. The zero-order valence-corrected chi connectivity index (χ0v) is 24.6. The van der Waals surface area contributed by atoms with Crippen LogP contribution in [0.25, 0.3) is 5.57 Å². The van der Waals surface area contributed by atoms with Crippen LogP contribution in [0.2, 0.25) is 0 Å². The van der Waals surface area contributed by atoms with Crippen LogP contribution < -0.4 is 5.30 Å². The summed E-state index contributed by atoms with van der Waals surface area (Å²) >= 11 is 0. The fourth-order valence-electron chi connectivity index (χ4n) is 5.86. The van der Waals surface area contributed by atoms with Crippen molar-refractivity contribution in [1.29, 1.82) is 21.0 Å². The first-order valence-electron chi connectivity index (χ1n) is 13.9. The molecule has 3 aliphatic rings. The van der Waals surface area contributed by atoms with Gasteiger partial charge >= 0.3 is 0 Å². The summed E-state index contributed by atoms with van der Waals surface area (Å²) in [7, 11) is 0.304. The Balaban J connectivity index is 1.69. The molecule has 0 aromatic heterocycles. The molecule has 8 heteroatoms. The molecular formula is C35H24N7P. The van der Waals surface area contributed by atoms with Crippen LogP contribution in [0.4, 0.5) is 17.1 Å². The third-order valence-electron chi connectivity index (χ3n) is 7.94. The maximum Gasteiger partial charge on any atom is 0.101 e. The van der Waals surface area contributed by atoms with Crippen LogP contribution in [0.15, 0.2) is 75.2 Å².